The number of nitrogens with one attached hydrogen (secondary N) is 2. The summed E-state index contributed by atoms with van der Waals surface area (Å²) in [5, 5.41) is 9.56. The van der Waals surface area contributed by atoms with Gasteiger partial charge >= 0.3 is 5.97 Å². The molecule has 1 heterocycles. The Morgan fingerprint density at radius 3 is 2.61 bits per heavy atom. The molecule has 0 saturated carbocycles. The highest BCUT2D eigenvalue weighted by molar-refractivity contribution is 8.00. The molecule has 0 fully saturated rings. The molecule has 184 valence electrons. The molecule has 36 heavy (non-hydrogen) atoms. The molecule has 0 aliphatic rings. The third-order valence-electron chi connectivity index (χ3n) is 5.20. The summed E-state index contributed by atoms with van der Waals surface area (Å²) in [5.41, 5.74) is 1.78. The van der Waals surface area contributed by atoms with E-state index in [0.29, 0.717) is 28.7 Å². The fraction of sp³-hybridized carbons (Fsp3) is 0.185. The van der Waals surface area contributed by atoms with Gasteiger partial charge in [0, 0.05) is 21.5 Å². The number of rotatable bonds is 9. The average molecular weight is 520 g/mol. The smallest absolute Gasteiger partial charge is 0.311 e. The molecule has 4 aromatic rings. The van der Waals surface area contributed by atoms with E-state index in [1.165, 1.54) is 23.1 Å². The molecule has 2 amide bonds. The second-order valence-corrected chi connectivity index (χ2v) is 10.2. The van der Waals surface area contributed by atoms with Gasteiger partial charge in [-0.3, -0.25) is 14.4 Å². The summed E-state index contributed by atoms with van der Waals surface area (Å²) >= 11 is 2.64. The minimum atomic E-state index is -0.408. The monoisotopic (exact) mass is 519 g/mol. The van der Waals surface area contributed by atoms with Crippen LogP contribution in [0.2, 0.25) is 0 Å². The van der Waals surface area contributed by atoms with Crippen LogP contribution in [-0.2, 0) is 20.7 Å². The van der Waals surface area contributed by atoms with Gasteiger partial charge in [-0.15, -0.1) is 23.1 Å². The first-order valence-corrected chi connectivity index (χ1v) is 13.1. The molecule has 1 aromatic heterocycles. The maximum Gasteiger partial charge on any atom is 0.311 e. The minimum absolute atomic E-state index is 0.0717. The predicted octanol–water partition coefficient (Wildman–Crippen LogP) is 5.77. The van der Waals surface area contributed by atoms with Crippen molar-refractivity contribution in [2.24, 2.45) is 0 Å². The lowest BCUT2D eigenvalue weighted by atomic mass is 10.1. The topological polar surface area (TPSA) is 97.4 Å². The van der Waals surface area contributed by atoms with Crippen molar-refractivity contribution < 1.29 is 19.1 Å². The predicted molar refractivity (Wildman–Crippen MR) is 145 cm³/mol. The molecule has 0 radical (unpaired) electrons. The fourth-order valence-corrected chi connectivity index (χ4v) is 5.09. The van der Waals surface area contributed by atoms with E-state index in [9.17, 15) is 14.4 Å². The summed E-state index contributed by atoms with van der Waals surface area (Å²) in [6.07, 6.45) is 0.0717. The van der Waals surface area contributed by atoms with E-state index in [-0.39, 0.29) is 24.2 Å². The molecule has 0 aliphatic carbocycles. The Bertz CT molecular complexity index is 1400. The summed E-state index contributed by atoms with van der Waals surface area (Å²) in [5.74, 6) is -0.754. The zero-order chi connectivity index (χ0) is 25.5. The van der Waals surface area contributed by atoms with Crippen molar-refractivity contribution in [3.05, 3.63) is 83.4 Å². The van der Waals surface area contributed by atoms with E-state index in [4.69, 9.17) is 4.74 Å². The lowest BCUT2D eigenvalue weighted by Gasteiger charge is -2.12. The van der Waals surface area contributed by atoms with Gasteiger partial charge in [0.25, 0.3) is 5.91 Å². The fourth-order valence-electron chi connectivity index (χ4n) is 3.45. The maximum atomic E-state index is 12.8. The standard InChI is InChI=1S/C27H25N3O4S2/c1-3-34-24(31)15-22-16-35-27(29-22)30-25(32)17(2)36-23-10-6-9-21(14-23)28-26(33)20-12-11-18-7-4-5-8-19(18)13-20/h4-14,16-17H,3,15H2,1-2H3,(H,28,33)(H,29,30,32). The van der Waals surface area contributed by atoms with Crippen LogP contribution in [0.4, 0.5) is 10.8 Å². The Hall–Kier alpha value is -3.69. The zero-order valence-electron chi connectivity index (χ0n) is 19.8. The lowest BCUT2D eigenvalue weighted by Crippen LogP contribution is -2.22. The number of carbonyl (C=O) groups excluding carboxylic acids is 3. The quantitative estimate of drug-likeness (QED) is 0.215. The van der Waals surface area contributed by atoms with E-state index in [1.807, 2.05) is 60.7 Å². The number of benzene rings is 3. The summed E-state index contributed by atoms with van der Waals surface area (Å²) in [4.78, 5) is 42.2. The Balaban J connectivity index is 1.34. The van der Waals surface area contributed by atoms with Crippen LogP contribution in [0, 0.1) is 0 Å². The second kappa shape index (κ2) is 11.8. The first kappa shape index (κ1) is 25.4. The number of fused-ring (bicyclic) bond motifs is 1. The van der Waals surface area contributed by atoms with Crippen LogP contribution in [0.1, 0.15) is 29.9 Å². The molecule has 1 atom stereocenters. The first-order valence-electron chi connectivity index (χ1n) is 11.4. The third-order valence-corrected chi connectivity index (χ3v) is 7.10. The molecule has 1 unspecified atom stereocenters. The molecule has 2 N–H and O–H groups in total. The maximum absolute atomic E-state index is 12.8. The van der Waals surface area contributed by atoms with Crippen LogP contribution < -0.4 is 10.6 Å². The highest BCUT2D eigenvalue weighted by Crippen LogP contribution is 2.27. The molecule has 7 nitrogen and oxygen atoms in total. The van der Waals surface area contributed by atoms with Crippen LogP contribution in [0.15, 0.2) is 77.0 Å². The van der Waals surface area contributed by atoms with E-state index >= 15 is 0 Å². The minimum Gasteiger partial charge on any atom is -0.466 e. The summed E-state index contributed by atoms with van der Waals surface area (Å²) in [7, 11) is 0. The van der Waals surface area contributed by atoms with Gasteiger partial charge in [-0.25, -0.2) is 4.98 Å². The third kappa shape index (κ3) is 6.71. The highest BCUT2D eigenvalue weighted by atomic mass is 32.2. The van der Waals surface area contributed by atoms with Gasteiger partial charge in [0.15, 0.2) is 5.13 Å². The van der Waals surface area contributed by atoms with Gasteiger partial charge in [0.2, 0.25) is 5.91 Å². The number of thiazole rings is 1. The number of ether oxygens (including phenoxy) is 1. The van der Waals surface area contributed by atoms with Crippen LogP contribution in [0.5, 0.6) is 0 Å². The van der Waals surface area contributed by atoms with Gasteiger partial charge < -0.3 is 15.4 Å². The number of anilines is 2. The van der Waals surface area contributed by atoms with Crippen LogP contribution >= 0.6 is 23.1 Å². The molecular formula is C27H25N3O4S2. The van der Waals surface area contributed by atoms with Gasteiger partial charge in [0.05, 0.1) is 24.0 Å². The van der Waals surface area contributed by atoms with E-state index in [2.05, 4.69) is 15.6 Å². The molecule has 3 aromatic carbocycles. The normalized spacial score (nSPS) is 11.6. The summed E-state index contributed by atoms with van der Waals surface area (Å²) < 4.78 is 4.93. The number of aromatic nitrogens is 1. The first-order chi connectivity index (χ1) is 17.4. The lowest BCUT2D eigenvalue weighted by molar-refractivity contribution is -0.142. The number of esters is 1. The molecule has 0 bridgehead atoms. The Morgan fingerprint density at radius 2 is 1.81 bits per heavy atom. The van der Waals surface area contributed by atoms with Crippen LogP contribution in [0.25, 0.3) is 10.8 Å². The summed E-state index contributed by atoms with van der Waals surface area (Å²) in [6.45, 7) is 3.86. The van der Waals surface area contributed by atoms with E-state index < -0.39 is 5.25 Å². The van der Waals surface area contributed by atoms with Crippen molar-refractivity contribution in [3.8, 4) is 0 Å². The number of nitrogens with zero attached hydrogens (tertiary/aromatic N) is 1. The molecule has 0 spiro atoms. The average Bonchev–Trinajstić information content (AvgIpc) is 3.30. The van der Waals surface area contributed by atoms with Crippen molar-refractivity contribution in [3.63, 3.8) is 0 Å². The SMILES string of the molecule is CCOC(=O)Cc1csc(NC(=O)C(C)Sc2cccc(NC(=O)c3ccc4ccccc4c3)c2)n1. The van der Waals surface area contributed by atoms with Gasteiger partial charge in [-0.1, -0.05) is 36.4 Å². The zero-order valence-corrected chi connectivity index (χ0v) is 21.4. The Kier molecular flexibility index (Phi) is 8.35. The van der Waals surface area contributed by atoms with Crippen LogP contribution in [-0.4, -0.2) is 34.6 Å². The number of hydrogen-bond acceptors (Lipinski definition) is 7. The van der Waals surface area contributed by atoms with Gasteiger partial charge in [0.1, 0.15) is 0 Å². The number of carbonyl (C=O) groups is 3. The molecule has 0 aliphatic heterocycles. The van der Waals surface area contributed by atoms with Crippen molar-refractivity contribution in [2.45, 2.75) is 30.4 Å². The van der Waals surface area contributed by atoms with Gasteiger partial charge in [-0.05, 0) is 55.0 Å². The highest BCUT2D eigenvalue weighted by Gasteiger charge is 2.17. The van der Waals surface area contributed by atoms with Crippen LogP contribution in [0.3, 0.4) is 0 Å². The van der Waals surface area contributed by atoms with Crippen molar-refractivity contribution in [1.82, 2.24) is 4.98 Å². The van der Waals surface area contributed by atoms with Crippen molar-refractivity contribution >= 4 is 62.5 Å². The van der Waals surface area contributed by atoms with E-state index in [1.54, 1.807) is 25.3 Å². The van der Waals surface area contributed by atoms with Crippen molar-refractivity contribution in [1.29, 1.82) is 0 Å². The van der Waals surface area contributed by atoms with Gasteiger partial charge in [-0.2, -0.15) is 0 Å². The molecule has 9 heteroatoms. The largest absolute Gasteiger partial charge is 0.466 e. The number of amides is 2. The molecular weight excluding hydrogens is 494 g/mol. The molecule has 0 saturated heterocycles. The number of thioether (sulfide) groups is 1. The van der Waals surface area contributed by atoms with E-state index in [0.717, 1.165) is 15.7 Å². The molecule has 4 rings (SSSR count). The number of hydrogen-bond donors (Lipinski definition) is 2. The van der Waals surface area contributed by atoms with Crippen molar-refractivity contribution in [2.75, 3.05) is 17.2 Å². The summed E-state index contributed by atoms with van der Waals surface area (Å²) in [6, 6.07) is 20.9. The Labute approximate surface area is 217 Å². The second-order valence-electron chi connectivity index (χ2n) is 7.92. The Morgan fingerprint density at radius 1 is 1.00 bits per heavy atom.